The van der Waals surface area contributed by atoms with Crippen molar-refractivity contribution < 1.29 is 8.85 Å². The standard InChI is InChI=1S/C34H24N4O2Si/c1-3-13-33-31(11-1)37(27-19-15-25(16-20-27)29-9-5-7-23-35-29)41(39-33)38(32-12-2-4-14-34(32)40-41)28-21-17-26(18-22-28)30-10-6-8-24-36-30/h1-24H. The summed E-state index contributed by atoms with van der Waals surface area (Å²) < 4.78 is 18.4. The third-order valence-electron chi connectivity index (χ3n) is 7.44. The van der Waals surface area contributed by atoms with Crippen molar-refractivity contribution in [2.24, 2.45) is 0 Å². The van der Waals surface area contributed by atoms with Crippen LogP contribution in [0.3, 0.4) is 0 Å². The predicted octanol–water partition coefficient (Wildman–Crippen LogP) is 8.01. The van der Waals surface area contributed by atoms with Gasteiger partial charge in [0.2, 0.25) is 0 Å². The van der Waals surface area contributed by atoms with E-state index in [1.54, 1.807) is 0 Å². The molecule has 0 saturated carbocycles. The Hall–Kier alpha value is -5.40. The van der Waals surface area contributed by atoms with Crippen molar-refractivity contribution in [2.45, 2.75) is 0 Å². The van der Waals surface area contributed by atoms with E-state index in [0.29, 0.717) is 0 Å². The number of anilines is 4. The van der Waals surface area contributed by atoms with Gasteiger partial charge in [0.05, 0.1) is 22.8 Å². The molecule has 0 bridgehead atoms. The molecule has 2 aromatic heterocycles. The van der Waals surface area contributed by atoms with Gasteiger partial charge in [0, 0.05) is 34.9 Å². The second-order valence-corrected chi connectivity index (χ2v) is 12.3. The fourth-order valence-electron chi connectivity index (χ4n) is 5.58. The molecule has 8 rings (SSSR count). The van der Waals surface area contributed by atoms with Crippen LogP contribution in [0.25, 0.3) is 22.5 Å². The van der Waals surface area contributed by atoms with Gasteiger partial charge in [-0.15, -0.1) is 0 Å². The SMILES string of the molecule is c1ccc(-c2ccc(N3c4ccccc4O[Si]34Oc3ccccc3N4c3ccc(-c4ccccn4)cc3)cc2)nc1. The zero-order chi connectivity index (χ0) is 27.2. The Morgan fingerprint density at radius 3 is 1.27 bits per heavy atom. The average Bonchev–Trinajstić information content (AvgIpc) is 3.55. The predicted molar refractivity (Wildman–Crippen MR) is 164 cm³/mol. The van der Waals surface area contributed by atoms with Crippen LogP contribution < -0.4 is 18.0 Å². The van der Waals surface area contributed by atoms with Crippen LogP contribution in [0.4, 0.5) is 22.7 Å². The summed E-state index contributed by atoms with van der Waals surface area (Å²) in [5.74, 6) is 1.60. The monoisotopic (exact) mass is 548 g/mol. The third kappa shape index (κ3) is 3.78. The Labute approximate surface area is 239 Å². The van der Waals surface area contributed by atoms with Crippen LogP contribution in [-0.2, 0) is 0 Å². The molecule has 7 heteroatoms. The summed E-state index contributed by atoms with van der Waals surface area (Å²) in [6.07, 6.45) is 3.63. The van der Waals surface area contributed by atoms with Gasteiger partial charge in [0.15, 0.2) is 0 Å². The van der Waals surface area contributed by atoms with Crippen molar-refractivity contribution in [1.29, 1.82) is 0 Å². The summed E-state index contributed by atoms with van der Waals surface area (Å²) in [6.45, 7) is 0. The Bertz CT molecular complexity index is 1710. The van der Waals surface area contributed by atoms with Crippen LogP contribution in [0.15, 0.2) is 146 Å². The van der Waals surface area contributed by atoms with E-state index < -0.39 is 8.88 Å². The second-order valence-electron chi connectivity index (χ2n) is 9.88. The molecular weight excluding hydrogens is 524 g/mol. The summed E-state index contributed by atoms with van der Waals surface area (Å²) in [5.41, 5.74) is 7.91. The Morgan fingerprint density at radius 1 is 0.439 bits per heavy atom. The number of aromatic nitrogens is 2. The first-order valence-corrected chi connectivity index (χ1v) is 15.2. The van der Waals surface area contributed by atoms with Gasteiger partial charge in [0.1, 0.15) is 11.5 Å². The van der Waals surface area contributed by atoms with Crippen molar-refractivity contribution in [3.8, 4) is 34.0 Å². The molecule has 0 unspecified atom stereocenters. The number of rotatable bonds is 4. The minimum absolute atomic E-state index is 0.802. The molecule has 6 nitrogen and oxygen atoms in total. The molecular formula is C34H24N4O2Si. The number of pyridine rings is 2. The largest absolute Gasteiger partial charge is 0.733 e. The zero-order valence-corrected chi connectivity index (χ0v) is 23.0. The van der Waals surface area contributed by atoms with E-state index in [1.807, 2.05) is 85.2 Å². The molecule has 0 saturated heterocycles. The highest BCUT2D eigenvalue weighted by Gasteiger charge is 2.68. The van der Waals surface area contributed by atoms with Gasteiger partial charge in [-0.1, -0.05) is 60.7 Å². The molecule has 4 aromatic carbocycles. The van der Waals surface area contributed by atoms with E-state index in [1.165, 1.54) is 0 Å². The lowest BCUT2D eigenvalue weighted by Crippen LogP contribution is -2.67. The van der Waals surface area contributed by atoms with Crippen LogP contribution in [-0.4, -0.2) is 18.9 Å². The molecule has 0 radical (unpaired) electrons. The summed E-state index contributed by atoms with van der Waals surface area (Å²) in [7, 11) is -3.38. The third-order valence-corrected chi connectivity index (χ3v) is 10.5. The molecule has 4 heterocycles. The number of benzene rings is 4. The maximum atomic E-state index is 6.95. The molecule has 0 N–H and O–H groups in total. The van der Waals surface area contributed by atoms with Crippen molar-refractivity contribution in [1.82, 2.24) is 9.97 Å². The van der Waals surface area contributed by atoms with Crippen LogP contribution in [0.5, 0.6) is 11.5 Å². The van der Waals surface area contributed by atoms with Gasteiger partial charge in [-0.3, -0.25) is 19.1 Å². The lowest BCUT2D eigenvalue weighted by Gasteiger charge is -2.35. The fraction of sp³-hybridized carbons (Fsp3) is 0. The lowest BCUT2D eigenvalue weighted by molar-refractivity contribution is 0.413. The molecule has 6 aromatic rings. The Kier molecular flexibility index (Phi) is 5.36. The number of para-hydroxylation sites is 4. The minimum atomic E-state index is -3.38. The highest BCUT2D eigenvalue weighted by Crippen LogP contribution is 2.54. The van der Waals surface area contributed by atoms with Crippen LogP contribution in [0.2, 0.25) is 0 Å². The fourth-order valence-corrected chi connectivity index (χ4v) is 9.04. The van der Waals surface area contributed by atoms with Crippen molar-refractivity contribution >= 4 is 31.6 Å². The molecule has 0 fully saturated rings. The van der Waals surface area contributed by atoms with E-state index in [-0.39, 0.29) is 0 Å². The second kappa shape index (κ2) is 9.36. The highest BCUT2D eigenvalue weighted by molar-refractivity contribution is 6.81. The molecule has 196 valence electrons. The van der Waals surface area contributed by atoms with Gasteiger partial charge in [-0.25, -0.2) is 0 Å². The minimum Gasteiger partial charge on any atom is -0.478 e. The van der Waals surface area contributed by atoms with E-state index >= 15 is 0 Å². The topological polar surface area (TPSA) is 50.7 Å². The number of fused-ring (bicyclic) bond motifs is 2. The van der Waals surface area contributed by atoms with Gasteiger partial charge in [-0.05, 0) is 72.8 Å². The molecule has 0 aliphatic carbocycles. The molecule has 0 atom stereocenters. The Balaban J connectivity index is 1.27. The maximum absolute atomic E-state index is 6.95. The van der Waals surface area contributed by atoms with Crippen molar-refractivity contribution in [3.05, 3.63) is 146 Å². The average molecular weight is 549 g/mol. The summed E-state index contributed by atoms with van der Waals surface area (Å²) in [6, 6.07) is 45.1. The maximum Gasteiger partial charge on any atom is 0.733 e. The summed E-state index contributed by atoms with van der Waals surface area (Å²) in [5, 5.41) is 0. The lowest BCUT2D eigenvalue weighted by atomic mass is 10.1. The van der Waals surface area contributed by atoms with E-state index in [4.69, 9.17) is 8.85 Å². The normalized spacial score (nSPS) is 14.3. The quantitative estimate of drug-likeness (QED) is 0.208. The first-order valence-electron chi connectivity index (χ1n) is 13.5. The van der Waals surface area contributed by atoms with Gasteiger partial charge in [0.25, 0.3) is 0 Å². The first-order chi connectivity index (χ1) is 20.3. The van der Waals surface area contributed by atoms with Crippen LogP contribution >= 0.6 is 0 Å². The smallest absolute Gasteiger partial charge is 0.478 e. The molecule has 2 aliphatic heterocycles. The summed E-state index contributed by atoms with van der Waals surface area (Å²) >= 11 is 0. The first kappa shape index (κ1) is 23.5. The summed E-state index contributed by atoms with van der Waals surface area (Å²) in [4.78, 5) is 9.05. The van der Waals surface area contributed by atoms with E-state index in [0.717, 1.165) is 56.8 Å². The number of hydrogen-bond donors (Lipinski definition) is 0. The van der Waals surface area contributed by atoms with Crippen LogP contribution in [0.1, 0.15) is 0 Å². The van der Waals surface area contributed by atoms with Crippen molar-refractivity contribution in [2.75, 3.05) is 9.13 Å². The molecule has 0 amide bonds. The Morgan fingerprint density at radius 2 is 0.854 bits per heavy atom. The number of nitrogens with zero attached hydrogens (tertiary/aromatic N) is 4. The zero-order valence-electron chi connectivity index (χ0n) is 22.0. The van der Waals surface area contributed by atoms with Gasteiger partial charge >= 0.3 is 8.88 Å². The van der Waals surface area contributed by atoms with Crippen LogP contribution in [0, 0.1) is 0 Å². The number of hydrogen-bond acceptors (Lipinski definition) is 6. The van der Waals surface area contributed by atoms with E-state index in [2.05, 4.69) is 79.8 Å². The van der Waals surface area contributed by atoms with E-state index in [9.17, 15) is 0 Å². The molecule has 41 heavy (non-hydrogen) atoms. The van der Waals surface area contributed by atoms with Gasteiger partial charge < -0.3 is 8.85 Å². The van der Waals surface area contributed by atoms with Gasteiger partial charge in [-0.2, -0.15) is 0 Å². The van der Waals surface area contributed by atoms with Crippen molar-refractivity contribution in [3.63, 3.8) is 0 Å². The molecule has 2 aliphatic rings. The highest BCUT2D eigenvalue weighted by atomic mass is 28.4. The molecule has 1 spiro atoms.